The predicted molar refractivity (Wildman–Crippen MR) is 126 cm³/mol. The van der Waals surface area contributed by atoms with Gasteiger partial charge in [0.25, 0.3) is 5.91 Å². The van der Waals surface area contributed by atoms with E-state index in [9.17, 15) is 14.0 Å². The van der Waals surface area contributed by atoms with E-state index in [1.54, 1.807) is 24.3 Å². The van der Waals surface area contributed by atoms with Gasteiger partial charge in [0.1, 0.15) is 5.82 Å². The third kappa shape index (κ3) is 5.72. The highest BCUT2D eigenvalue weighted by Crippen LogP contribution is 2.26. The number of nitrogens with one attached hydrogen (secondary N) is 2. The molecule has 0 aromatic heterocycles. The summed E-state index contributed by atoms with van der Waals surface area (Å²) in [5, 5.41) is 5.82. The number of nitrogens with zero attached hydrogens (tertiary/aromatic N) is 1. The summed E-state index contributed by atoms with van der Waals surface area (Å²) >= 11 is 0. The van der Waals surface area contributed by atoms with Crippen LogP contribution in [0, 0.1) is 5.82 Å². The molecule has 0 radical (unpaired) electrons. The van der Waals surface area contributed by atoms with Crippen LogP contribution in [0.4, 0.5) is 15.8 Å². The van der Waals surface area contributed by atoms with Gasteiger partial charge in [-0.3, -0.25) is 9.59 Å². The largest absolute Gasteiger partial charge is 0.377 e. The average molecular weight is 434 g/mol. The first-order valence-corrected chi connectivity index (χ1v) is 10.6. The van der Waals surface area contributed by atoms with Crippen molar-refractivity contribution in [3.8, 4) is 0 Å². The van der Waals surface area contributed by atoms with Crippen molar-refractivity contribution in [3.63, 3.8) is 0 Å². The third-order valence-corrected chi connectivity index (χ3v) is 5.28. The zero-order valence-electron chi connectivity index (χ0n) is 18.6. The quantitative estimate of drug-likeness (QED) is 0.528. The topological polar surface area (TPSA) is 61.4 Å². The number of benzene rings is 3. The van der Waals surface area contributed by atoms with Crippen LogP contribution in [0.5, 0.6) is 0 Å². The van der Waals surface area contributed by atoms with Crippen LogP contribution in [0.3, 0.4) is 0 Å². The fourth-order valence-electron chi connectivity index (χ4n) is 3.55. The van der Waals surface area contributed by atoms with Gasteiger partial charge in [0, 0.05) is 32.0 Å². The van der Waals surface area contributed by atoms with Crippen LogP contribution < -0.4 is 15.5 Å². The zero-order valence-corrected chi connectivity index (χ0v) is 18.6. The second-order valence-electron chi connectivity index (χ2n) is 7.80. The van der Waals surface area contributed by atoms with Gasteiger partial charge in [0.05, 0.1) is 11.5 Å². The van der Waals surface area contributed by atoms with Crippen molar-refractivity contribution in [1.82, 2.24) is 5.32 Å². The van der Waals surface area contributed by atoms with Crippen molar-refractivity contribution in [2.45, 2.75) is 25.8 Å². The molecule has 6 heteroatoms. The Morgan fingerprint density at radius 3 is 2.28 bits per heavy atom. The number of carbonyl (C=O) groups excluding carboxylic acids is 2. The average Bonchev–Trinajstić information content (AvgIpc) is 2.79. The SMILES string of the molecule is CC[C@H](C(=O)Nc1ccc(N(C)C)c(C(=O)NCc2ccc(F)cc2)c1)c1ccccc1. The van der Waals surface area contributed by atoms with Crippen LogP contribution in [0.25, 0.3) is 0 Å². The Bertz CT molecular complexity index is 1070. The van der Waals surface area contributed by atoms with Crippen LogP contribution in [-0.2, 0) is 11.3 Å². The van der Waals surface area contributed by atoms with E-state index >= 15 is 0 Å². The van der Waals surface area contributed by atoms with Crippen molar-refractivity contribution in [2.75, 3.05) is 24.3 Å². The Labute approximate surface area is 188 Å². The lowest BCUT2D eigenvalue weighted by atomic mass is 9.95. The van der Waals surface area contributed by atoms with Gasteiger partial charge in [0.15, 0.2) is 0 Å². The maximum Gasteiger partial charge on any atom is 0.253 e. The Morgan fingerprint density at radius 2 is 1.66 bits per heavy atom. The first-order chi connectivity index (χ1) is 15.4. The molecular formula is C26H28FN3O2. The maximum absolute atomic E-state index is 13.1. The lowest BCUT2D eigenvalue weighted by Gasteiger charge is -2.20. The van der Waals surface area contributed by atoms with E-state index < -0.39 is 0 Å². The highest BCUT2D eigenvalue weighted by atomic mass is 19.1. The number of rotatable bonds is 8. The normalized spacial score (nSPS) is 11.5. The summed E-state index contributed by atoms with van der Waals surface area (Å²) in [7, 11) is 3.71. The second kappa shape index (κ2) is 10.6. The van der Waals surface area contributed by atoms with E-state index in [-0.39, 0.29) is 30.1 Å². The molecule has 3 rings (SSSR count). The molecule has 0 aliphatic carbocycles. The van der Waals surface area contributed by atoms with Crippen LogP contribution in [0.15, 0.2) is 72.8 Å². The Hall–Kier alpha value is -3.67. The number of hydrogen-bond donors (Lipinski definition) is 2. The highest BCUT2D eigenvalue weighted by molar-refractivity contribution is 6.02. The summed E-state index contributed by atoms with van der Waals surface area (Å²) in [6.45, 7) is 2.25. The van der Waals surface area contributed by atoms with Crippen LogP contribution in [-0.4, -0.2) is 25.9 Å². The number of anilines is 2. The van der Waals surface area contributed by atoms with Gasteiger partial charge in [-0.05, 0) is 47.9 Å². The molecule has 0 fully saturated rings. The Balaban J connectivity index is 1.78. The molecule has 2 N–H and O–H groups in total. The molecule has 0 bridgehead atoms. The molecule has 0 heterocycles. The van der Waals surface area contributed by atoms with Crippen molar-refractivity contribution in [3.05, 3.63) is 95.3 Å². The van der Waals surface area contributed by atoms with Crippen molar-refractivity contribution in [2.24, 2.45) is 0 Å². The molecule has 0 saturated heterocycles. The van der Waals surface area contributed by atoms with Gasteiger partial charge in [-0.15, -0.1) is 0 Å². The lowest BCUT2D eigenvalue weighted by Crippen LogP contribution is -2.26. The van der Waals surface area contributed by atoms with Gasteiger partial charge in [-0.1, -0.05) is 49.4 Å². The van der Waals surface area contributed by atoms with Crippen LogP contribution in [0.2, 0.25) is 0 Å². The second-order valence-corrected chi connectivity index (χ2v) is 7.80. The standard InChI is InChI=1S/C26H28FN3O2/c1-4-22(19-8-6-5-7-9-19)26(32)29-21-14-15-24(30(2)3)23(16-21)25(31)28-17-18-10-12-20(27)13-11-18/h5-16,22H,4,17H2,1-3H3,(H,28,31)(H,29,32)/t22-/m0/s1. The minimum atomic E-state index is -0.320. The number of carbonyl (C=O) groups is 2. The fourth-order valence-corrected chi connectivity index (χ4v) is 3.55. The first-order valence-electron chi connectivity index (χ1n) is 10.6. The van der Waals surface area contributed by atoms with Gasteiger partial charge in [-0.2, -0.15) is 0 Å². The van der Waals surface area contributed by atoms with E-state index in [4.69, 9.17) is 0 Å². The van der Waals surface area contributed by atoms with Crippen LogP contribution >= 0.6 is 0 Å². The number of amides is 2. The van der Waals surface area contributed by atoms with Crippen molar-refractivity contribution in [1.29, 1.82) is 0 Å². The Kier molecular flexibility index (Phi) is 7.60. The van der Waals surface area contributed by atoms with E-state index in [1.807, 2.05) is 62.3 Å². The molecule has 3 aromatic rings. The van der Waals surface area contributed by atoms with Crippen molar-refractivity contribution >= 4 is 23.2 Å². The van der Waals surface area contributed by atoms with Gasteiger partial charge in [0.2, 0.25) is 5.91 Å². The van der Waals surface area contributed by atoms with E-state index in [2.05, 4.69) is 10.6 Å². The summed E-state index contributed by atoms with van der Waals surface area (Å²) in [4.78, 5) is 27.7. The summed E-state index contributed by atoms with van der Waals surface area (Å²) < 4.78 is 13.1. The summed E-state index contributed by atoms with van der Waals surface area (Å²) in [5.74, 6) is -0.988. The van der Waals surface area contributed by atoms with Gasteiger partial charge >= 0.3 is 0 Å². The molecular weight excluding hydrogens is 405 g/mol. The molecule has 3 aromatic carbocycles. The zero-order chi connectivity index (χ0) is 23.1. The number of hydrogen-bond acceptors (Lipinski definition) is 3. The van der Waals surface area contributed by atoms with Crippen molar-refractivity contribution < 1.29 is 14.0 Å². The fraction of sp³-hybridized carbons (Fsp3) is 0.231. The molecule has 0 aliphatic heterocycles. The molecule has 0 aliphatic rings. The molecule has 2 amide bonds. The molecule has 5 nitrogen and oxygen atoms in total. The smallest absolute Gasteiger partial charge is 0.253 e. The predicted octanol–water partition coefficient (Wildman–Crippen LogP) is 4.95. The highest BCUT2D eigenvalue weighted by Gasteiger charge is 2.20. The third-order valence-electron chi connectivity index (χ3n) is 5.28. The maximum atomic E-state index is 13.1. The molecule has 1 atom stereocenters. The van der Waals surface area contributed by atoms with Gasteiger partial charge < -0.3 is 15.5 Å². The van der Waals surface area contributed by atoms with Crippen LogP contribution in [0.1, 0.15) is 40.7 Å². The van der Waals surface area contributed by atoms with E-state index in [0.29, 0.717) is 17.7 Å². The summed E-state index contributed by atoms with van der Waals surface area (Å²) in [6.07, 6.45) is 0.663. The molecule has 0 unspecified atom stereocenters. The molecule has 0 spiro atoms. The number of halogens is 1. The first kappa shape index (κ1) is 23.0. The van der Waals surface area contributed by atoms with E-state index in [1.165, 1.54) is 12.1 Å². The lowest BCUT2D eigenvalue weighted by molar-refractivity contribution is -0.117. The van der Waals surface area contributed by atoms with E-state index in [0.717, 1.165) is 16.8 Å². The monoisotopic (exact) mass is 433 g/mol. The summed E-state index contributed by atoms with van der Waals surface area (Å²) in [6, 6.07) is 20.9. The molecule has 32 heavy (non-hydrogen) atoms. The summed E-state index contributed by atoms with van der Waals surface area (Å²) in [5.41, 5.74) is 3.48. The minimum absolute atomic E-state index is 0.117. The molecule has 166 valence electrons. The Morgan fingerprint density at radius 1 is 0.969 bits per heavy atom. The minimum Gasteiger partial charge on any atom is -0.377 e. The molecule has 0 saturated carbocycles. The van der Waals surface area contributed by atoms with Gasteiger partial charge in [-0.25, -0.2) is 4.39 Å².